The number of aromatic nitrogens is 1. The van der Waals surface area contributed by atoms with Crippen LogP contribution in [0.15, 0.2) is 66.0 Å². The molecule has 0 saturated carbocycles. The van der Waals surface area contributed by atoms with E-state index in [1.165, 1.54) is 6.92 Å². The number of carbonyl (C=O) groups excluding carboxylic acids is 2. The van der Waals surface area contributed by atoms with Crippen LogP contribution in [0.4, 0.5) is 5.69 Å². The van der Waals surface area contributed by atoms with Crippen molar-refractivity contribution in [2.45, 2.75) is 13.8 Å². The van der Waals surface area contributed by atoms with Gasteiger partial charge in [0, 0.05) is 22.2 Å². The highest BCUT2D eigenvalue weighted by Crippen LogP contribution is 2.19. The summed E-state index contributed by atoms with van der Waals surface area (Å²) in [6, 6.07) is 14.3. The lowest BCUT2D eigenvalue weighted by Gasteiger charge is -2.06. The predicted molar refractivity (Wildman–Crippen MR) is 111 cm³/mol. The fourth-order valence-electron chi connectivity index (χ4n) is 2.69. The number of nitrogens with one attached hydrogen (secondary N) is 3. The molecule has 1 heterocycles. The molecule has 0 aliphatic heterocycles. The molecule has 0 bridgehead atoms. The zero-order chi connectivity index (χ0) is 20.3. The number of anilines is 1. The summed E-state index contributed by atoms with van der Waals surface area (Å²) in [6.45, 7) is 6.87. The molecule has 0 aliphatic carbocycles. The number of fused-ring (bicyclic) bond motifs is 1. The van der Waals surface area contributed by atoms with Gasteiger partial charge in [-0.3, -0.25) is 15.0 Å². The van der Waals surface area contributed by atoms with Crippen molar-refractivity contribution in [1.29, 1.82) is 0 Å². The molecule has 5 N–H and O–H groups in total. The van der Waals surface area contributed by atoms with Crippen LogP contribution in [0.5, 0.6) is 0 Å². The summed E-state index contributed by atoms with van der Waals surface area (Å²) >= 11 is 0. The van der Waals surface area contributed by atoms with Gasteiger partial charge in [0.25, 0.3) is 5.91 Å². The van der Waals surface area contributed by atoms with Gasteiger partial charge in [-0.15, -0.1) is 0 Å². The van der Waals surface area contributed by atoms with Gasteiger partial charge in [-0.25, -0.2) is 0 Å². The number of nitrogens with two attached hydrogens (primary N) is 1. The number of aromatic amines is 1. The second-order valence-corrected chi connectivity index (χ2v) is 6.41. The second kappa shape index (κ2) is 7.79. The number of benzene rings is 2. The third-order valence-corrected chi connectivity index (χ3v) is 4.20. The molecule has 0 atom stereocenters. The van der Waals surface area contributed by atoms with Crippen molar-refractivity contribution in [2.24, 2.45) is 10.8 Å². The van der Waals surface area contributed by atoms with Crippen LogP contribution >= 0.6 is 0 Å². The van der Waals surface area contributed by atoms with Crippen molar-refractivity contribution >= 4 is 34.0 Å². The fourth-order valence-corrected chi connectivity index (χ4v) is 2.69. The molecule has 0 aliphatic rings. The van der Waals surface area contributed by atoms with Gasteiger partial charge in [0.15, 0.2) is 5.78 Å². The molecule has 3 aromatic rings. The first-order chi connectivity index (χ1) is 13.3. The van der Waals surface area contributed by atoms with E-state index in [9.17, 15) is 9.59 Å². The minimum atomic E-state index is -0.264. The van der Waals surface area contributed by atoms with Crippen molar-refractivity contribution in [2.75, 3.05) is 5.32 Å². The summed E-state index contributed by atoms with van der Waals surface area (Å²) in [6.07, 6.45) is 0. The number of H-pyrrole nitrogens is 1. The Balaban J connectivity index is 1.74. The van der Waals surface area contributed by atoms with Crippen LogP contribution in [0.2, 0.25) is 0 Å². The van der Waals surface area contributed by atoms with E-state index in [0.717, 1.165) is 22.2 Å². The molecule has 0 spiro atoms. The lowest BCUT2D eigenvalue weighted by Crippen LogP contribution is -2.15. The van der Waals surface area contributed by atoms with Gasteiger partial charge in [0.2, 0.25) is 0 Å². The van der Waals surface area contributed by atoms with E-state index in [1.807, 2.05) is 19.1 Å². The Morgan fingerprint density at radius 3 is 2.36 bits per heavy atom. The third kappa shape index (κ3) is 4.27. The maximum absolute atomic E-state index is 12.5. The number of Topliss-reactive ketones (excluding diaryl/α,β-unsaturated/α-hetero) is 1. The van der Waals surface area contributed by atoms with E-state index in [4.69, 9.17) is 5.73 Å². The minimum absolute atomic E-state index is 0.0148. The van der Waals surface area contributed by atoms with Gasteiger partial charge in [-0.2, -0.15) is 5.10 Å². The second-order valence-electron chi connectivity index (χ2n) is 6.41. The molecule has 1 aromatic heterocycles. The lowest BCUT2D eigenvalue weighted by molar-refractivity contribution is 0.101. The Hall–Kier alpha value is -3.87. The zero-order valence-corrected chi connectivity index (χ0v) is 15.7. The average Bonchev–Trinajstić information content (AvgIpc) is 3.10. The molecule has 3 rings (SSSR count). The Bertz CT molecular complexity index is 1090. The van der Waals surface area contributed by atoms with Gasteiger partial charge in [0.05, 0.1) is 5.71 Å². The summed E-state index contributed by atoms with van der Waals surface area (Å²) in [5, 5.41) is 7.76. The Morgan fingerprint density at radius 2 is 1.71 bits per heavy atom. The molecule has 2 aromatic carbocycles. The number of hydrazone groups is 1. The monoisotopic (exact) mass is 375 g/mol. The predicted octanol–water partition coefficient (Wildman–Crippen LogP) is 3.37. The summed E-state index contributed by atoms with van der Waals surface area (Å²) in [5.74, 6) is -0.0178. The summed E-state index contributed by atoms with van der Waals surface area (Å²) < 4.78 is 0. The van der Waals surface area contributed by atoms with Crippen LogP contribution in [0.1, 0.15) is 40.3 Å². The standard InChI is InChI=1S/C21H21N5O2/c1-12(25-26-14(3)22)15-4-7-18(8-5-15)23-21(28)20-11-17-10-16(13(2)27)6-9-19(17)24-20/h4-11,24,26H,3,22H2,1-2H3,(H,23,28)/b25-12-. The van der Waals surface area contributed by atoms with E-state index in [1.54, 1.807) is 36.4 Å². The van der Waals surface area contributed by atoms with Crippen molar-refractivity contribution in [1.82, 2.24) is 10.4 Å². The smallest absolute Gasteiger partial charge is 0.272 e. The highest BCUT2D eigenvalue weighted by Gasteiger charge is 2.11. The summed E-state index contributed by atoms with van der Waals surface area (Å²) in [5.41, 5.74) is 12.1. The van der Waals surface area contributed by atoms with Crippen LogP contribution in [0.3, 0.4) is 0 Å². The average molecular weight is 375 g/mol. The number of rotatable bonds is 6. The Morgan fingerprint density at radius 1 is 1.04 bits per heavy atom. The SMILES string of the molecule is C=C(N)N/N=C(/C)c1ccc(NC(=O)c2cc3cc(C(C)=O)ccc3[nH]2)cc1. The Kier molecular flexibility index (Phi) is 5.26. The van der Waals surface area contributed by atoms with Gasteiger partial charge in [-0.1, -0.05) is 18.7 Å². The topological polar surface area (TPSA) is 112 Å². The van der Waals surface area contributed by atoms with Crippen molar-refractivity contribution in [3.05, 3.63) is 77.8 Å². The molecule has 1 amide bonds. The van der Waals surface area contributed by atoms with Crippen LogP contribution in [-0.2, 0) is 0 Å². The van der Waals surface area contributed by atoms with Gasteiger partial charge in [0.1, 0.15) is 11.5 Å². The van der Waals surface area contributed by atoms with Gasteiger partial charge >= 0.3 is 0 Å². The molecule has 0 saturated heterocycles. The largest absolute Gasteiger partial charge is 0.385 e. The number of nitrogens with zero attached hydrogens (tertiary/aromatic N) is 1. The molecule has 7 heteroatoms. The molecular weight excluding hydrogens is 354 g/mol. The summed E-state index contributed by atoms with van der Waals surface area (Å²) in [4.78, 5) is 27.1. The number of carbonyl (C=O) groups is 2. The molecular formula is C21H21N5O2. The Labute approximate surface area is 162 Å². The van der Waals surface area contributed by atoms with Crippen LogP contribution < -0.4 is 16.5 Å². The normalized spacial score (nSPS) is 11.3. The molecule has 142 valence electrons. The first-order valence-electron chi connectivity index (χ1n) is 8.63. The van der Waals surface area contributed by atoms with E-state index < -0.39 is 0 Å². The highest BCUT2D eigenvalue weighted by atomic mass is 16.2. The van der Waals surface area contributed by atoms with E-state index >= 15 is 0 Å². The van der Waals surface area contributed by atoms with E-state index in [0.29, 0.717) is 16.9 Å². The van der Waals surface area contributed by atoms with Gasteiger partial charge in [-0.05, 0) is 55.8 Å². The fraction of sp³-hybridized carbons (Fsp3) is 0.0952. The van der Waals surface area contributed by atoms with E-state index in [-0.39, 0.29) is 17.5 Å². The van der Waals surface area contributed by atoms with Crippen molar-refractivity contribution in [3.8, 4) is 0 Å². The highest BCUT2D eigenvalue weighted by molar-refractivity contribution is 6.07. The number of amides is 1. The van der Waals surface area contributed by atoms with Crippen molar-refractivity contribution < 1.29 is 9.59 Å². The lowest BCUT2D eigenvalue weighted by atomic mass is 10.1. The van der Waals surface area contributed by atoms with Crippen LogP contribution in [0, 0.1) is 0 Å². The number of hydrogen-bond acceptors (Lipinski definition) is 5. The number of ketones is 1. The van der Waals surface area contributed by atoms with Gasteiger partial charge < -0.3 is 16.0 Å². The maximum atomic E-state index is 12.5. The molecule has 7 nitrogen and oxygen atoms in total. The quantitative estimate of drug-likeness (QED) is 0.301. The van der Waals surface area contributed by atoms with Crippen molar-refractivity contribution in [3.63, 3.8) is 0 Å². The van der Waals surface area contributed by atoms with E-state index in [2.05, 4.69) is 27.4 Å². The minimum Gasteiger partial charge on any atom is -0.385 e. The van der Waals surface area contributed by atoms with Crippen LogP contribution in [-0.4, -0.2) is 22.4 Å². The molecule has 0 fully saturated rings. The maximum Gasteiger partial charge on any atom is 0.272 e. The molecule has 0 radical (unpaired) electrons. The number of hydrogen-bond donors (Lipinski definition) is 4. The first-order valence-corrected chi connectivity index (χ1v) is 8.63. The third-order valence-electron chi connectivity index (χ3n) is 4.20. The van der Waals surface area contributed by atoms with Crippen LogP contribution in [0.25, 0.3) is 10.9 Å². The molecule has 28 heavy (non-hydrogen) atoms. The summed E-state index contributed by atoms with van der Waals surface area (Å²) in [7, 11) is 0. The zero-order valence-electron chi connectivity index (χ0n) is 15.7. The first kappa shape index (κ1) is 18.9. The molecule has 0 unspecified atom stereocenters.